The molecule has 0 unspecified atom stereocenters. The lowest BCUT2D eigenvalue weighted by Crippen LogP contribution is -2.22. The van der Waals surface area contributed by atoms with Gasteiger partial charge in [0.1, 0.15) is 0 Å². The van der Waals surface area contributed by atoms with Crippen LogP contribution in [0.15, 0.2) is 91.0 Å². The molecule has 0 amide bonds. The van der Waals surface area contributed by atoms with E-state index >= 15 is 0 Å². The maximum absolute atomic E-state index is 2.46. The van der Waals surface area contributed by atoms with Gasteiger partial charge in [0, 0.05) is 10.8 Å². The summed E-state index contributed by atoms with van der Waals surface area (Å²) >= 11 is 0. The number of hydrogen-bond acceptors (Lipinski definition) is 1. The predicted molar refractivity (Wildman–Crippen MR) is 128 cm³/mol. The molecule has 0 radical (unpaired) electrons. The van der Waals surface area contributed by atoms with E-state index in [2.05, 4.69) is 121 Å². The maximum atomic E-state index is 2.46. The van der Waals surface area contributed by atoms with Gasteiger partial charge >= 0.3 is 0 Å². The van der Waals surface area contributed by atoms with Gasteiger partial charge in [0.2, 0.25) is 0 Å². The minimum atomic E-state index is 0.0452. The van der Waals surface area contributed by atoms with E-state index in [1.165, 1.54) is 50.1 Å². The van der Waals surface area contributed by atoms with Crippen molar-refractivity contribution in [3.05, 3.63) is 96.6 Å². The van der Waals surface area contributed by atoms with Gasteiger partial charge < -0.3 is 9.47 Å². The normalized spacial score (nSPS) is 13.1. The summed E-state index contributed by atoms with van der Waals surface area (Å²) in [5.41, 5.74) is 8.87. The first-order chi connectivity index (χ1) is 14.6. The van der Waals surface area contributed by atoms with Crippen LogP contribution in [0.3, 0.4) is 0 Å². The zero-order valence-corrected chi connectivity index (χ0v) is 17.6. The summed E-state index contributed by atoms with van der Waals surface area (Å²) in [5, 5.41) is 2.60. The number of fused-ring (bicyclic) bond motifs is 5. The standard InChI is InChI=1S/C28H24N2/c1-28(2,3)21-13-5-7-15-23(21)29-24-16-8-9-17-25(24)30-22-14-6-4-11-19(22)20-12-10-18-26(29)27(20)30/h4-18H,1-3H3. The topological polar surface area (TPSA) is 8.17 Å². The smallest absolute Gasteiger partial charge is 0.0783 e. The molecule has 4 aromatic carbocycles. The Labute approximate surface area is 177 Å². The molecule has 0 atom stereocenters. The molecule has 0 saturated heterocycles. The highest BCUT2D eigenvalue weighted by Gasteiger charge is 2.30. The second-order valence-electron chi connectivity index (χ2n) is 9.12. The minimum Gasteiger partial charge on any atom is -0.306 e. The number of para-hydroxylation sites is 5. The third-order valence-electron chi connectivity index (χ3n) is 6.23. The summed E-state index contributed by atoms with van der Waals surface area (Å²) < 4.78 is 2.44. The summed E-state index contributed by atoms with van der Waals surface area (Å²) in [6, 6.07) is 33.0. The van der Waals surface area contributed by atoms with Crippen LogP contribution < -0.4 is 4.90 Å². The van der Waals surface area contributed by atoms with Crippen LogP contribution in [0.2, 0.25) is 0 Å². The van der Waals surface area contributed by atoms with Crippen molar-refractivity contribution in [1.82, 2.24) is 4.57 Å². The van der Waals surface area contributed by atoms with E-state index in [-0.39, 0.29) is 5.41 Å². The first-order valence-electron chi connectivity index (χ1n) is 10.6. The van der Waals surface area contributed by atoms with E-state index < -0.39 is 0 Å². The molecule has 6 rings (SSSR count). The van der Waals surface area contributed by atoms with E-state index in [4.69, 9.17) is 0 Å². The van der Waals surface area contributed by atoms with Crippen molar-refractivity contribution >= 4 is 38.9 Å². The lowest BCUT2D eigenvalue weighted by molar-refractivity contribution is 0.591. The molecule has 2 heterocycles. The summed E-state index contributed by atoms with van der Waals surface area (Å²) in [6.45, 7) is 6.87. The van der Waals surface area contributed by atoms with Crippen LogP contribution in [0.4, 0.5) is 17.1 Å². The van der Waals surface area contributed by atoms with E-state index in [0.717, 1.165) is 0 Å². The first kappa shape index (κ1) is 17.3. The van der Waals surface area contributed by atoms with Crippen molar-refractivity contribution in [2.75, 3.05) is 4.90 Å². The van der Waals surface area contributed by atoms with Gasteiger partial charge in [0.15, 0.2) is 0 Å². The Morgan fingerprint density at radius 3 is 1.93 bits per heavy atom. The summed E-state index contributed by atoms with van der Waals surface area (Å²) in [5.74, 6) is 0. The Morgan fingerprint density at radius 2 is 1.13 bits per heavy atom. The lowest BCUT2D eigenvalue weighted by Gasteiger charge is -2.36. The fraction of sp³-hybridized carbons (Fsp3) is 0.143. The molecule has 1 aliphatic rings. The van der Waals surface area contributed by atoms with Crippen LogP contribution in [0.25, 0.3) is 27.5 Å². The first-order valence-corrected chi connectivity index (χ1v) is 10.6. The molecule has 1 aromatic heterocycles. The summed E-state index contributed by atoms with van der Waals surface area (Å²) in [7, 11) is 0. The molecule has 0 spiro atoms. The SMILES string of the molecule is CC(C)(C)c1ccccc1N1c2ccccc2-n2c3ccccc3c3cccc1c32. The van der Waals surface area contributed by atoms with Gasteiger partial charge in [-0.15, -0.1) is 0 Å². The molecule has 2 nitrogen and oxygen atoms in total. The molecule has 5 aromatic rings. The number of anilines is 3. The number of nitrogens with zero attached hydrogens (tertiary/aromatic N) is 2. The average Bonchev–Trinajstić information content (AvgIpc) is 3.10. The number of hydrogen-bond donors (Lipinski definition) is 0. The van der Waals surface area contributed by atoms with E-state index in [0.29, 0.717) is 0 Å². The van der Waals surface area contributed by atoms with Gasteiger partial charge in [0.25, 0.3) is 0 Å². The van der Waals surface area contributed by atoms with Crippen LogP contribution in [0.5, 0.6) is 0 Å². The molecule has 30 heavy (non-hydrogen) atoms. The van der Waals surface area contributed by atoms with Gasteiger partial charge in [-0.2, -0.15) is 0 Å². The van der Waals surface area contributed by atoms with Crippen molar-refractivity contribution in [3.63, 3.8) is 0 Å². The van der Waals surface area contributed by atoms with Gasteiger partial charge in [-0.05, 0) is 41.3 Å². The fourth-order valence-corrected chi connectivity index (χ4v) is 4.97. The molecular weight excluding hydrogens is 364 g/mol. The highest BCUT2D eigenvalue weighted by molar-refractivity contribution is 6.16. The van der Waals surface area contributed by atoms with E-state index in [1.54, 1.807) is 0 Å². The van der Waals surface area contributed by atoms with Crippen LogP contribution in [-0.4, -0.2) is 4.57 Å². The largest absolute Gasteiger partial charge is 0.306 e. The summed E-state index contributed by atoms with van der Waals surface area (Å²) in [4.78, 5) is 2.46. The molecule has 146 valence electrons. The van der Waals surface area contributed by atoms with Crippen molar-refractivity contribution in [2.45, 2.75) is 26.2 Å². The summed E-state index contributed by atoms with van der Waals surface area (Å²) in [6.07, 6.45) is 0. The second-order valence-corrected chi connectivity index (χ2v) is 9.12. The molecular formula is C28H24N2. The monoisotopic (exact) mass is 388 g/mol. The Hall–Kier alpha value is -3.52. The average molecular weight is 389 g/mol. The van der Waals surface area contributed by atoms with Crippen LogP contribution in [0.1, 0.15) is 26.3 Å². The van der Waals surface area contributed by atoms with Crippen molar-refractivity contribution in [3.8, 4) is 5.69 Å². The Bertz CT molecular complexity index is 1430. The van der Waals surface area contributed by atoms with Gasteiger partial charge in [-0.1, -0.05) is 81.4 Å². The minimum absolute atomic E-state index is 0.0452. The van der Waals surface area contributed by atoms with E-state index in [9.17, 15) is 0 Å². The molecule has 0 N–H and O–H groups in total. The molecule has 0 bridgehead atoms. The van der Waals surface area contributed by atoms with Crippen molar-refractivity contribution < 1.29 is 0 Å². The fourth-order valence-electron chi connectivity index (χ4n) is 4.97. The van der Waals surface area contributed by atoms with Gasteiger partial charge in [-0.3, -0.25) is 0 Å². The van der Waals surface area contributed by atoms with E-state index in [1.807, 2.05) is 0 Å². The third kappa shape index (κ3) is 2.25. The zero-order chi connectivity index (χ0) is 20.5. The Balaban J connectivity index is 1.80. The maximum Gasteiger partial charge on any atom is 0.0783 e. The van der Waals surface area contributed by atoms with Crippen LogP contribution in [0, 0.1) is 0 Å². The third-order valence-corrected chi connectivity index (χ3v) is 6.23. The molecule has 0 aliphatic carbocycles. The van der Waals surface area contributed by atoms with Gasteiger partial charge in [0.05, 0.1) is 33.8 Å². The van der Waals surface area contributed by atoms with Crippen molar-refractivity contribution in [2.24, 2.45) is 0 Å². The number of aromatic nitrogens is 1. The number of benzene rings is 4. The Morgan fingerprint density at radius 1 is 0.533 bits per heavy atom. The zero-order valence-electron chi connectivity index (χ0n) is 17.6. The lowest BCUT2D eigenvalue weighted by atomic mass is 9.85. The predicted octanol–water partition coefficient (Wildman–Crippen LogP) is 7.86. The second kappa shape index (κ2) is 5.99. The molecule has 0 saturated carbocycles. The van der Waals surface area contributed by atoms with Crippen molar-refractivity contribution in [1.29, 1.82) is 0 Å². The van der Waals surface area contributed by atoms with Crippen LogP contribution >= 0.6 is 0 Å². The highest BCUT2D eigenvalue weighted by atomic mass is 15.2. The number of rotatable bonds is 1. The molecule has 0 fully saturated rings. The van der Waals surface area contributed by atoms with Gasteiger partial charge in [-0.25, -0.2) is 0 Å². The molecule has 1 aliphatic heterocycles. The highest BCUT2D eigenvalue weighted by Crippen LogP contribution is 2.50. The van der Waals surface area contributed by atoms with Crippen LogP contribution in [-0.2, 0) is 5.41 Å². The Kier molecular flexibility index (Phi) is 3.47. The quantitative estimate of drug-likeness (QED) is 0.278. The molecule has 2 heteroatoms.